The van der Waals surface area contributed by atoms with E-state index in [1.54, 1.807) is 0 Å². The zero-order valence-electron chi connectivity index (χ0n) is 12.5. The van der Waals surface area contributed by atoms with E-state index in [2.05, 4.69) is 29.4 Å². The highest BCUT2D eigenvalue weighted by atomic mass is 35.5. The third kappa shape index (κ3) is 3.91. The summed E-state index contributed by atoms with van der Waals surface area (Å²) in [7, 11) is 0. The van der Waals surface area contributed by atoms with Crippen molar-refractivity contribution in [1.82, 2.24) is 5.09 Å². The van der Waals surface area contributed by atoms with Crippen LogP contribution >= 0.6 is 17.8 Å². The number of benzene rings is 3. The molecule has 0 unspecified atom stereocenters. The molecule has 0 fully saturated rings. The standard InChI is InChI=1S/C19H17ClNPS/c20-17-13-11-16(12-14-17)15-21-22(23,18-7-3-1-4-8-18)19-9-5-2-6-10-19/h1-14H,15H2,(H,21,23). The molecule has 23 heavy (non-hydrogen) atoms. The third-order valence-corrected chi connectivity index (χ3v) is 8.22. The third-order valence-electron chi connectivity index (χ3n) is 3.66. The molecule has 0 heterocycles. The lowest BCUT2D eigenvalue weighted by molar-refractivity contribution is 0.967. The Hall–Kier alpha value is -1.44. The van der Waals surface area contributed by atoms with Gasteiger partial charge in [0.1, 0.15) is 0 Å². The zero-order valence-corrected chi connectivity index (χ0v) is 15.0. The van der Waals surface area contributed by atoms with Gasteiger partial charge in [0.05, 0.1) is 6.19 Å². The summed E-state index contributed by atoms with van der Waals surface area (Å²) in [6.07, 6.45) is -2.05. The highest BCUT2D eigenvalue weighted by molar-refractivity contribution is 8.20. The van der Waals surface area contributed by atoms with Gasteiger partial charge in [0.2, 0.25) is 0 Å². The van der Waals surface area contributed by atoms with Crippen LogP contribution in [0.1, 0.15) is 5.56 Å². The van der Waals surface area contributed by atoms with Crippen molar-refractivity contribution in [2.45, 2.75) is 6.54 Å². The molecule has 3 aromatic rings. The van der Waals surface area contributed by atoms with Crippen LogP contribution in [0.2, 0.25) is 5.02 Å². The summed E-state index contributed by atoms with van der Waals surface area (Å²) in [5.74, 6) is 0. The van der Waals surface area contributed by atoms with Gasteiger partial charge in [-0.15, -0.1) is 0 Å². The number of hydrogen-bond acceptors (Lipinski definition) is 1. The fourth-order valence-electron chi connectivity index (χ4n) is 2.41. The Labute approximate surface area is 147 Å². The van der Waals surface area contributed by atoms with Crippen molar-refractivity contribution in [3.63, 3.8) is 0 Å². The predicted molar refractivity (Wildman–Crippen MR) is 105 cm³/mol. The summed E-state index contributed by atoms with van der Waals surface area (Å²) in [6, 6.07) is 28.6. The van der Waals surface area contributed by atoms with E-state index in [4.69, 9.17) is 23.4 Å². The Morgan fingerprint density at radius 1 is 0.739 bits per heavy atom. The van der Waals surface area contributed by atoms with E-state index in [-0.39, 0.29) is 0 Å². The predicted octanol–water partition coefficient (Wildman–Crippen LogP) is 4.48. The molecular weight excluding hydrogens is 341 g/mol. The maximum absolute atomic E-state index is 6.13. The first-order valence-electron chi connectivity index (χ1n) is 7.39. The van der Waals surface area contributed by atoms with Crippen molar-refractivity contribution in [3.05, 3.63) is 95.5 Å². The smallest absolute Gasteiger partial charge is 0.0687 e. The number of nitrogens with one attached hydrogen (secondary N) is 1. The maximum atomic E-state index is 6.13. The van der Waals surface area contributed by atoms with Gasteiger partial charge in [-0.05, 0) is 17.7 Å². The van der Waals surface area contributed by atoms with Crippen molar-refractivity contribution in [1.29, 1.82) is 0 Å². The second-order valence-corrected chi connectivity index (χ2v) is 9.89. The van der Waals surface area contributed by atoms with Crippen LogP contribution in [0.25, 0.3) is 0 Å². The molecule has 3 rings (SSSR count). The molecule has 3 aromatic carbocycles. The summed E-state index contributed by atoms with van der Waals surface area (Å²) in [5, 5.41) is 6.75. The average molecular weight is 358 g/mol. The molecule has 1 nitrogen and oxygen atoms in total. The molecular formula is C19H17ClNPS. The molecule has 116 valence electrons. The van der Waals surface area contributed by atoms with Crippen LogP contribution in [0.3, 0.4) is 0 Å². The molecule has 0 radical (unpaired) electrons. The van der Waals surface area contributed by atoms with Crippen LogP contribution in [-0.2, 0) is 18.4 Å². The molecule has 0 bridgehead atoms. The second kappa shape index (κ2) is 7.42. The number of hydrogen-bond donors (Lipinski definition) is 1. The van der Waals surface area contributed by atoms with Gasteiger partial charge in [0.25, 0.3) is 0 Å². The minimum atomic E-state index is -2.05. The highest BCUT2D eigenvalue weighted by Crippen LogP contribution is 2.39. The van der Waals surface area contributed by atoms with Gasteiger partial charge in [-0.3, -0.25) is 5.09 Å². The Bertz CT molecular complexity index is 760. The summed E-state index contributed by atoms with van der Waals surface area (Å²) >= 11 is 12.1. The maximum Gasteiger partial charge on any atom is 0.0687 e. The highest BCUT2D eigenvalue weighted by Gasteiger charge is 2.21. The van der Waals surface area contributed by atoms with Crippen LogP contribution in [0.15, 0.2) is 84.9 Å². The van der Waals surface area contributed by atoms with Gasteiger partial charge in [0.15, 0.2) is 0 Å². The van der Waals surface area contributed by atoms with Crippen molar-refractivity contribution in [3.8, 4) is 0 Å². The van der Waals surface area contributed by atoms with Gasteiger partial charge in [-0.2, -0.15) is 0 Å². The van der Waals surface area contributed by atoms with Gasteiger partial charge < -0.3 is 0 Å². The zero-order chi connectivity index (χ0) is 16.1. The minimum absolute atomic E-state index is 0.720. The van der Waals surface area contributed by atoms with E-state index < -0.39 is 6.19 Å². The first kappa shape index (κ1) is 16.4. The van der Waals surface area contributed by atoms with Crippen molar-refractivity contribution in [2.75, 3.05) is 0 Å². The van der Waals surface area contributed by atoms with Gasteiger partial charge >= 0.3 is 0 Å². The fraction of sp³-hybridized carbons (Fsp3) is 0.0526. The topological polar surface area (TPSA) is 12.0 Å². The summed E-state index contributed by atoms with van der Waals surface area (Å²) in [4.78, 5) is 0. The normalized spacial score (nSPS) is 11.3. The lowest BCUT2D eigenvalue weighted by Crippen LogP contribution is -2.27. The fourth-order valence-corrected chi connectivity index (χ4v) is 5.71. The van der Waals surface area contributed by atoms with Crippen LogP contribution in [0, 0.1) is 0 Å². The molecule has 0 aliphatic heterocycles. The first-order valence-corrected chi connectivity index (χ1v) is 10.6. The van der Waals surface area contributed by atoms with E-state index in [1.165, 1.54) is 16.2 Å². The quantitative estimate of drug-likeness (QED) is 0.676. The average Bonchev–Trinajstić information content (AvgIpc) is 2.62. The molecule has 0 aliphatic carbocycles. The summed E-state index contributed by atoms with van der Waals surface area (Å²) in [5.41, 5.74) is 1.18. The first-order chi connectivity index (χ1) is 11.2. The molecule has 1 N–H and O–H groups in total. The molecule has 0 amide bonds. The van der Waals surface area contributed by atoms with E-state index in [0.717, 1.165) is 11.6 Å². The molecule has 0 spiro atoms. The minimum Gasteiger partial charge on any atom is -0.277 e. The van der Waals surface area contributed by atoms with Gasteiger partial charge in [-0.25, -0.2) is 0 Å². The lowest BCUT2D eigenvalue weighted by atomic mass is 10.2. The van der Waals surface area contributed by atoms with E-state index in [9.17, 15) is 0 Å². The largest absolute Gasteiger partial charge is 0.277 e. The lowest BCUT2D eigenvalue weighted by Gasteiger charge is -2.24. The van der Waals surface area contributed by atoms with E-state index in [0.29, 0.717) is 0 Å². The van der Waals surface area contributed by atoms with Crippen LogP contribution < -0.4 is 15.7 Å². The Morgan fingerprint density at radius 2 is 1.22 bits per heavy atom. The monoisotopic (exact) mass is 357 g/mol. The SMILES string of the molecule is S=P(NCc1ccc(Cl)cc1)(c1ccccc1)c1ccccc1. The van der Waals surface area contributed by atoms with Crippen LogP contribution in [0.4, 0.5) is 0 Å². The Kier molecular flexibility index (Phi) is 5.30. The van der Waals surface area contributed by atoms with Gasteiger partial charge in [-0.1, -0.05) is 96.2 Å². The van der Waals surface area contributed by atoms with Gasteiger partial charge in [0, 0.05) is 22.2 Å². The molecule has 0 saturated carbocycles. The summed E-state index contributed by atoms with van der Waals surface area (Å²) in [6.45, 7) is 0.720. The number of halogens is 1. The molecule has 0 saturated heterocycles. The Morgan fingerprint density at radius 3 is 1.70 bits per heavy atom. The van der Waals surface area contributed by atoms with E-state index >= 15 is 0 Å². The Balaban J connectivity index is 1.93. The molecule has 0 aromatic heterocycles. The summed E-state index contributed by atoms with van der Waals surface area (Å²) < 4.78 is 0. The molecule has 4 heteroatoms. The second-order valence-electron chi connectivity index (χ2n) is 5.24. The van der Waals surface area contributed by atoms with Crippen molar-refractivity contribution >= 4 is 40.2 Å². The van der Waals surface area contributed by atoms with Crippen molar-refractivity contribution < 1.29 is 0 Å². The number of rotatable bonds is 5. The van der Waals surface area contributed by atoms with Crippen molar-refractivity contribution in [2.24, 2.45) is 0 Å². The van der Waals surface area contributed by atoms with E-state index in [1.807, 2.05) is 60.7 Å². The van der Waals surface area contributed by atoms with Crippen LogP contribution in [-0.4, -0.2) is 0 Å². The molecule has 0 atom stereocenters. The molecule has 0 aliphatic rings. The van der Waals surface area contributed by atoms with Crippen LogP contribution in [0.5, 0.6) is 0 Å².